The Kier molecular flexibility index (Phi) is 3.51. The van der Waals surface area contributed by atoms with Crippen molar-refractivity contribution in [2.45, 2.75) is 37.4 Å². The largest absolute Gasteiger partial charge is 0.501 e. The van der Waals surface area contributed by atoms with Crippen LogP contribution in [0.2, 0.25) is 0 Å². The van der Waals surface area contributed by atoms with E-state index < -0.39 is 0 Å². The molecule has 0 aromatic carbocycles. The third-order valence-corrected chi connectivity index (χ3v) is 4.10. The van der Waals surface area contributed by atoms with Crippen molar-refractivity contribution in [3.8, 4) is 0 Å². The van der Waals surface area contributed by atoms with Crippen LogP contribution in [0.5, 0.6) is 0 Å². The zero-order chi connectivity index (χ0) is 9.80. The minimum Gasteiger partial charge on any atom is -0.501 e. The van der Waals surface area contributed by atoms with Gasteiger partial charge in [0.25, 0.3) is 0 Å². The lowest BCUT2D eigenvalue weighted by Gasteiger charge is -2.22. The van der Waals surface area contributed by atoms with Gasteiger partial charge in [-0.05, 0) is 31.4 Å². The first-order chi connectivity index (χ1) is 6.88. The Bertz CT molecular complexity index is 242. The fourth-order valence-corrected chi connectivity index (χ4v) is 3.19. The molecule has 0 aliphatic carbocycles. The molecule has 3 heteroatoms. The van der Waals surface area contributed by atoms with E-state index in [1.165, 1.54) is 12.8 Å². The van der Waals surface area contributed by atoms with Crippen LogP contribution in [-0.4, -0.2) is 23.4 Å². The Morgan fingerprint density at radius 2 is 2.36 bits per heavy atom. The van der Waals surface area contributed by atoms with Crippen molar-refractivity contribution >= 4 is 17.5 Å². The van der Waals surface area contributed by atoms with Gasteiger partial charge in [0.05, 0.1) is 18.1 Å². The van der Waals surface area contributed by atoms with Gasteiger partial charge in [-0.25, -0.2) is 0 Å². The first kappa shape index (κ1) is 10.1. The Labute approximate surface area is 89.1 Å². The highest BCUT2D eigenvalue weighted by Crippen LogP contribution is 2.29. The number of allylic oxidation sites excluding steroid dienone is 1. The summed E-state index contributed by atoms with van der Waals surface area (Å²) in [5, 5.41) is 0.219. The number of ether oxygens (including phenoxy) is 1. The number of hydrogen-bond acceptors (Lipinski definition) is 3. The van der Waals surface area contributed by atoms with Crippen LogP contribution in [0.3, 0.4) is 0 Å². The lowest BCUT2D eigenvalue weighted by molar-refractivity contribution is -0.115. The molecule has 1 atom stereocenters. The molecule has 2 aliphatic heterocycles. The summed E-state index contributed by atoms with van der Waals surface area (Å²) in [6.45, 7) is 0.772. The quantitative estimate of drug-likeness (QED) is 0.703. The van der Waals surface area contributed by atoms with E-state index in [0.29, 0.717) is 5.78 Å². The molecular weight excluding hydrogens is 196 g/mol. The predicted octanol–water partition coefficient (Wildman–Crippen LogP) is 2.54. The van der Waals surface area contributed by atoms with Crippen LogP contribution < -0.4 is 0 Å². The highest BCUT2D eigenvalue weighted by atomic mass is 32.2. The summed E-state index contributed by atoms with van der Waals surface area (Å²) in [6, 6.07) is 0. The SMILES string of the molecule is O=C(C1=COCCC1)C1CCCCS1. The summed E-state index contributed by atoms with van der Waals surface area (Å²) < 4.78 is 5.20. The highest BCUT2D eigenvalue weighted by Gasteiger charge is 2.25. The number of hydrogen-bond donors (Lipinski definition) is 0. The maximum atomic E-state index is 12.0. The lowest BCUT2D eigenvalue weighted by Crippen LogP contribution is -2.23. The van der Waals surface area contributed by atoms with Gasteiger partial charge in [-0.1, -0.05) is 6.42 Å². The Morgan fingerprint density at radius 3 is 3.00 bits per heavy atom. The van der Waals surface area contributed by atoms with Gasteiger partial charge in [-0.3, -0.25) is 4.79 Å². The molecule has 1 unspecified atom stereocenters. The summed E-state index contributed by atoms with van der Waals surface area (Å²) in [6.07, 6.45) is 7.12. The standard InChI is InChI=1S/C11H16O2S/c12-11(9-4-3-6-13-8-9)10-5-1-2-7-14-10/h8,10H,1-7H2. The van der Waals surface area contributed by atoms with Crippen LogP contribution in [-0.2, 0) is 9.53 Å². The number of rotatable bonds is 2. The second kappa shape index (κ2) is 4.87. The molecule has 2 heterocycles. The van der Waals surface area contributed by atoms with Gasteiger partial charge in [0.2, 0.25) is 0 Å². The van der Waals surface area contributed by atoms with Crippen LogP contribution >= 0.6 is 11.8 Å². The number of thioether (sulfide) groups is 1. The van der Waals surface area contributed by atoms with Gasteiger partial charge in [-0.15, -0.1) is 0 Å². The van der Waals surface area contributed by atoms with Gasteiger partial charge >= 0.3 is 0 Å². The average Bonchev–Trinajstić information content (AvgIpc) is 2.30. The average molecular weight is 212 g/mol. The fourth-order valence-electron chi connectivity index (χ4n) is 1.90. The number of carbonyl (C=O) groups is 1. The van der Waals surface area contributed by atoms with E-state index in [1.54, 1.807) is 6.26 Å². The zero-order valence-electron chi connectivity index (χ0n) is 8.33. The van der Waals surface area contributed by atoms with Crippen molar-refractivity contribution in [2.75, 3.05) is 12.4 Å². The first-order valence-corrected chi connectivity index (χ1v) is 6.39. The topological polar surface area (TPSA) is 26.3 Å². The molecule has 1 saturated heterocycles. The van der Waals surface area contributed by atoms with Gasteiger partial charge in [-0.2, -0.15) is 11.8 Å². The monoisotopic (exact) mass is 212 g/mol. The highest BCUT2D eigenvalue weighted by molar-refractivity contribution is 8.00. The second-order valence-electron chi connectivity index (χ2n) is 3.84. The molecule has 0 radical (unpaired) electrons. The molecule has 0 spiro atoms. The van der Waals surface area contributed by atoms with Gasteiger partial charge in [0, 0.05) is 5.57 Å². The van der Waals surface area contributed by atoms with Crippen LogP contribution in [0.25, 0.3) is 0 Å². The maximum absolute atomic E-state index is 12.0. The molecule has 0 aromatic rings. The van der Waals surface area contributed by atoms with Gasteiger partial charge in [0.1, 0.15) is 0 Å². The molecule has 0 saturated carbocycles. The third-order valence-electron chi connectivity index (χ3n) is 2.72. The molecule has 0 aromatic heterocycles. The molecule has 78 valence electrons. The van der Waals surface area contributed by atoms with Crippen molar-refractivity contribution in [2.24, 2.45) is 0 Å². The molecule has 2 nitrogen and oxygen atoms in total. The van der Waals surface area contributed by atoms with E-state index in [1.807, 2.05) is 11.8 Å². The Hall–Kier alpha value is -0.440. The summed E-state index contributed by atoms with van der Waals surface area (Å²) in [4.78, 5) is 12.0. The van der Waals surface area contributed by atoms with E-state index in [9.17, 15) is 4.79 Å². The summed E-state index contributed by atoms with van der Waals surface area (Å²) in [5.41, 5.74) is 0.913. The minimum absolute atomic E-state index is 0.219. The number of ketones is 1. The van der Waals surface area contributed by atoms with Crippen LogP contribution in [0.4, 0.5) is 0 Å². The smallest absolute Gasteiger partial charge is 0.174 e. The van der Waals surface area contributed by atoms with Gasteiger partial charge < -0.3 is 4.74 Å². The zero-order valence-corrected chi connectivity index (χ0v) is 9.15. The lowest BCUT2D eigenvalue weighted by atomic mass is 10.0. The third kappa shape index (κ3) is 2.32. The van der Waals surface area contributed by atoms with E-state index >= 15 is 0 Å². The fraction of sp³-hybridized carbons (Fsp3) is 0.727. The molecule has 0 bridgehead atoms. The van der Waals surface area contributed by atoms with Crippen LogP contribution in [0, 0.1) is 0 Å². The summed E-state index contributed by atoms with van der Waals surface area (Å²) >= 11 is 1.82. The van der Waals surface area contributed by atoms with E-state index in [4.69, 9.17) is 4.74 Å². The minimum atomic E-state index is 0.219. The van der Waals surface area contributed by atoms with E-state index in [2.05, 4.69) is 0 Å². The van der Waals surface area contributed by atoms with Gasteiger partial charge in [0.15, 0.2) is 5.78 Å². The van der Waals surface area contributed by atoms with E-state index in [-0.39, 0.29) is 5.25 Å². The van der Waals surface area contributed by atoms with E-state index in [0.717, 1.165) is 37.2 Å². The van der Waals surface area contributed by atoms with Crippen molar-refractivity contribution in [1.29, 1.82) is 0 Å². The first-order valence-electron chi connectivity index (χ1n) is 5.34. The molecule has 0 amide bonds. The molecule has 14 heavy (non-hydrogen) atoms. The van der Waals surface area contributed by atoms with Crippen molar-refractivity contribution < 1.29 is 9.53 Å². The van der Waals surface area contributed by atoms with Crippen LogP contribution in [0.1, 0.15) is 32.1 Å². The molecule has 1 fully saturated rings. The van der Waals surface area contributed by atoms with Crippen LogP contribution in [0.15, 0.2) is 11.8 Å². The number of Topliss-reactive ketones (excluding diaryl/α,β-unsaturated/α-hetero) is 1. The normalized spacial score (nSPS) is 27.7. The Balaban J connectivity index is 1.95. The molecule has 2 aliphatic rings. The maximum Gasteiger partial charge on any atom is 0.174 e. The van der Waals surface area contributed by atoms with Crippen molar-refractivity contribution in [3.63, 3.8) is 0 Å². The number of carbonyl (C=O) groups excluding carboxylic acids is 1. The van der Waals surface area contributed by atoms with Crippen molar-refractivity contribution in [3.05, 3.63) is 11.8 Å². The molecule has 0 N–H and O–H groups in total. The molecule has 2 rings (SSSR count). The second-order valence-corrected chi connectivity index (χ2v) is 5.15. The summed E-state index contributed by atoms with van der Waals surface area (Å²) in [5.74, 6) is 1.47. The summed E-state index contributed by atoms with van der Waals surface area (Å²) in [7, 11) is 0. The molecular formula is C11H16O2S. The predicted molar refractivity (Wildman–Crippen MR) is 58.4 cm³/mol. The van der Waals surface area contributed by atoms with Crippen molar-refractivity contribution in [1.82, 2.24) is 0 Å². The Morgan fingerprint density at radius 1 is 1.43 bits per heavy atom.